The van der Waals surface area contributed by atoms with Gasteiger partial charge in [-0.25, -0.2) is 0 Å². The third-order valence-corrected chi connectivity index (χ3v) is 14.3. The molecule has 0 spiro atoms. The lowest BCUT2D eigenvalue weighted by Gasteiger charge is -2.40. The molecule has 402 valence electrons. The highest BCUT2D eigenvalue weighted by Crippen LogP contribution is 2.23. The molecule has 1 fully saturated rings. The molecule has 1 aliphatic rings. The number of hydrogen-bond acceptors (Lipinski definition) is 8. The Hall–Kier alpha value is -1.33. The van der Waals surface area contributed by atoms with Crippen molar-refractivity contribution in [1.29, 1.82) is 0 Å². The Morgan fingerprint density at radius 3 is 1.24 bits per heavy atom. The lowest BCUT2D eigenvalue weighted by atomic mass is 9.99. The predicted octanol–water partition coefficient (Wildman–Crippen LogP) is 14.6. The van der Waals surface area contributed by atoms with Crippen molar-refractivity contribution in [2.75, 3.05) is 13.2 Å². The van der Waals surface area contributed by atoms with Crippen LogP contribution in [0.3, 0.4) is 0 Å². The number of carbonyl (C=O) groups is 1. The van der Waals surface area contributed by atoms with Gasteiger partial charge in [-0.1, -0.05) is 276 Å². The zero-order valence-corrected chi connectivity index (χ0v) is 44.6. The molecule has 0 saturated carbocycles. The fourth-order valence-electron chi connectivity index (χ4n) is 9.59. The van der Waals surface area contributed by atoms with Crippen molar-refractivity contribution in [3.05, 3.63) is 24.3 Å². The van der Waals surface area contributed by atoms with Crippen LogP contribution in [-0.4, -0.2) is 87.5 Å². The van der Waals surface area contributed by atoms with E-state index in [-0.39, 0.29) is 12.5 Å². The molecular formula is C59H113NO8. The van der Waals surface area contributed by atoms with Crippen molar-refractivity contribution in [1.82, 2.24) is 5.32 Å². The minimum atomic E-state index is -1.57. The average Bonchev–Trinajstić information content (AvgIpc) is 3.34. The Labute approximate surface area is 419 Å². The van der Waals surface area contributed by atoms with Crippen molar-refractivity contribution in [3.8, 4) is 0 Å². The zero-order chi connectivity index (χ0) is 49.4. The molecule has 0 radical (unpaired) electrons. The van der Waals surface area contributed by atoms with Gasteiger partial charge < -0.3 is 40.3 Å². The normalized spacial score (nSPS) is 19.7. The molecule has 0 aliphatic carbocycles. The molecule has 68 heavy (non-hydrogen) atoms. The maximum Gasteiger partial charge on any atom is 0.220 e. The second-order valence-corrected chi connectivity index (χ2v) is 20.8. The van der Waals surface area contributed by atoms with Crippen LogP contribution in [0.5, 0.6) is 0 Å². The van der Waals surface area contributed by atoms with Crippen molar-refractivity contribution in [2.24, 2.45) is 0 Å². The van der Waals surface area contributed by atoms with Gasteiger partial charge in [0.2, 0.25) is 5.91 Å². The number of unbranched alkanes of at least 4 members (excludes halogenated alkanes) is 39. The predicted molar refractivity (Wildman–Crippen MR) is 286 cm³/mol. The number of amides is 1. The monoisotopic (exact) mass is 964 g/mol. The summed E-state index contributed by atoms with van der Waals surface area (Å²) in [6.45, 7) is 3.80. The van der Waals surface area contributed by atoms with Gasteiger partial charge in [-0.3, -0.25) is 4.79 Å². The third kappa shape index (κ3) is 38.4. The van der Waals surface area contributed by atoms with Crippen molar-refractivity contribution in [3.63, 3.8) is 0 Å². The van der Waals surface area contributed by atoms with Gasteiger partial charge in [0.1, 0.15) is 24.4 Å². The highest BCUT2D eigenvalue weighted by Gasteiger charge is 2.44. The summed E-state index contributed by atoms with van der Waals surface area (Å²) in [5.41, 5.74) is 0. The van der Waals surface area contributed by atoms with Crippen molar-refractivity contribution in [2.45, 2.75) is 333 Å². The summed E-state index contributed by atoms with van der Waals surface area (Å²) in [4.78, 5) is 13.1. The summed E-state index contributed by atoms with van der Waals surface area (Å²) < 4.78 is 11.3. The molecule has 6 N–H and O–H groups in total. The van der Waals surface area contributed by atoms with Crippen molar-refractivity contribution < 1.29 is 39.8 Å². The van der Waals surface area contributed by atoms with E-state index in [1.54, 1.807) is 6.08 Å². The molecule has 9 nitrogen and oxygen atoms in total. The van der Waals surface area contributed by atoms with Gasteiger partial charge in [0, 0.05) is 6.42 Å². The zero-order valence-electron chi connectivity index (χ0n) is 44.6. The number of ether oxygens (including phenoxy) is 2. The van der Waals surface area contributed by atoms with E-state index < -0.39 is 49.5 Å². The number of hydrogen-bond donors (Lipinski definition) is 6. The smallest absolute Gasteiger partial charge is 0.220 e. The molecule has 7 unspecified atom stereocenters. The molecule has 0 aromatic rings. The van der Waals surface area contributed by atoms with Gasteiger partial charge >= 0.3 is 0 Å². The van der Waals surface area contributed by atoms with E-state index in [1.165, 1.54) is 231 Å². The lowest BCUT2D eigenvalue weighted by molar-refractivity contribution is -0.302. The van der Waals surface area contributed by atoms with E-state index in [4.69, 9.17) is 9.47 Å². The molecule has 1 heterocycles. The van der Waals surface area contributed by atoms with Crippen LogP contribution >= 0.6 is 0 Å². The molecular weight excluding hydrogens is 851 g/mol. The SMILES string of the molecule is CCCCCCCCCCCCCCCCC/C=C/CC/C=C/C(O)C(COC1OC(CO)C(O)C(O)C1O)NC(=O)CCCCCCCCCCCCCCCCCCCCCCCCCC. The second kappa shape index (κ2) is 49.3. The van der Waals surface area contributed by atoms with Gasteiger partial charge in [0.25, 0.3) is 0 Å². The molecule has 0 aromatic carbocycles. The first kappa shape index (κ1) is 64.7. The Balaban J connectivity index is 2.23. The standard InChI is InChI=1S/C59H113NO8/c1-3-5-7-9-11-13-15-17-19-21-23-25-26-27-29-31-33-35-37-39-41-43-45-47-49-55(63)60-52(51-67-59-58(66)57(65)56(64)54(50-61)68-59)53(62)48-46-44-42-40-38-36-34-32-30-28-24-22-20-18-16-14-12-10-8-6-4-2/h38,40,46,48,52-54,56-59,61-62,64-66H,3-37,39,41-45,47,49-51H2,1-2H3,(H,60,63)/b40-38+,48-46+. The molecule has 9 heteroatoms. The number of allylic oxidation sites excluding steroid dienone is 3. The average molecular weight is 965 g/mol. The van der Waals surface area contributed by atoms with Crippen LogP contribution in [0.25, 0.3) is 0 Å². The number of aliphatic hydroxyl groups is 5. The molecule has 0 bridgehead atoms. The van der Waals surface area contributed by atoms with Crippen LogP contribution in [0, 0.1) is 0 Å². The Bertz CT molecular complexity index is 1120. The lowest BCUT2D eigenvalue weighted by Crippen LogP contribution is -2.60. The minimum Gasteiger partial charge on any atom is -0.394 e. The van der Waals surface area contributed by atoms with Crippen LogP contribution in [0.2, 0.25) is 0 Å². The van der Waals surface area contributed by atoms with Gasteiger partial charge in [0.15, 0.2) is 6.29 Å². The first-order valence-corrected chi connectivity index (χ1v) is 29.6. The molecule has 1 amide bonds. The first-order valence-electron chi connectivity index (χ1n) is 29.6. The summed E-state index contributed by atoms with van der Waals surface area (Å²) in [5.74, 6) is -0.180. The van der Waals surface area contributed by atoms with Crippen LogP contribution < -0.4 is 5.32 Å². The largest absolute Gasteiger partial charge is 0.394 e. The van der Waals surface area contributed by atoms with Crippen molar-refractivity contribution >= 4 is 5.91 Å². The second-order valence-electron chi connectivity index (χ2n) is 20.8. The summed E-state index contributed by atoms with van der Waals surface area (Å²) >= 11 is 0. The molecule has 7 atom stereocenters. The number of aliphatic hydroxyl groups excluding tert-OH is 5. The molecule has 1 saturated heterocycles. The van der Waals surface area contributed by atoms with E-state index in [9.17, 15) is 30.3 Å². The number of carbonyl (C=O) groups excluding carboxylic acids is 1. The van der Waals surface area contributed by atoms with Gasteiger partial charge in [0.05, 0.1) is 25.4 Å². The van der Waals surface area contributed by atoms with Crippen LogP contribution in [-0.2, 0) is 14.3 Å². The fraction of sp³-hybridized carbons (Fsp3) is 0.915. The van der Waals surface area contributed by atoms with E-state index >= 15 is 0 Å². The van der Waals surface area contributed by atoms with E-state index in [2.05, 4.69) is 31.3 Å². The number of rotatable bonds is 51. The van der Waals surface area contributed by atoms with Crippen LogP contribution in [0.15, 0.2) is 24.3 Å². The maximum atomic E-state index is 13.1. The minimum absolute atomic E-state index is 0.180. The molecule has 1 aliphatic heterocycles. The Morgan fingerprint density at radius 1 is 0.485 bits per heavy atom. The highest BCUT2D eigenvalue weighted by atomic mass is 16.7. The first-order chi connectivity index (χ1) is 33.3. The fourth-order valence-corrected chi connectivity index (χ4v) is 9.59. The third-order valence-electron chi connectivity index (χ3n) is 14.3. The Morgan fingerprint density at radius 2 is 0.838 bits per heavy atom. The van der Waals surface area contributed by atoms with Gasteiger partial charge in [-0.15, -0.1) is 0 Å². The topological polar surface area (TPSA) is 149 Å². The van der Waals surface area contributed by atoms with E-state index in [0.717, 1.165) is 38.5 Å². The quantitative estimate of drug-likeness (QED) is 0.0261. The number of nitrogens with one attached hydrogen (secondary N) is 1. The summed E-state index contributed by atoms with van der Waals surface area (Å²) in [6, 6.07) is -0.818. The van der Waals surface area contributed by atoms with E-state index in [0.29, 0.717) is 6.42 Å². The summed E-state index contributed by atoms with van der Waals surface area (Å²) in [6.07, 6.45) is 55.4. The molecule has 0 aromatic heterocycles. The van der Waals surface area contributed by atoms with E-state index in [1.807, 2.05) is 6.08 Å². The van der Waals surface area contributed by atoms with Crippen LogP contribution in [0.1, 0.15) is 290 Å². The summed E-state index contributed by atoms with van der Waals surface area (Å²) in [7, 11) is 0. The summed E-state index contributed by atoms with van der Waals surface area (Å²) in [5, 5.41) is 54.5. The van der Waals surface area contributed by atoms with Crippen LogP contribution in [0.4, 0.5) is 0 Å². The highest BCUT2D eigenvalue weighted by molar-refractivity contribution is 5.76. The van der Waals surface area contributed by atoms with Gasteiger partial charge in [-0.2, -0.15) is 0 Å². The Kier molecular flexibility index (Phi) is 46.9. The maximum absolute atomic E-state index is 13.1. The van der Waals surface area contributed by atoms with Gasteiger partial charge in [-0.05, 0) is 32.1 Å². The molecule has 1 rings (SSSR count).